The zero-order valence-electron chi connectivity index (χ0n) is 17.7. The van der Waals surface area contributed by atoms with Crippen molar-refractivity contribution in [2.24, 2.45) is 0 Å². The molecule has 9 nitrogen and oxygen atoms in total. The van der Waals surface area contributed by atoms with Gasteiger partial charge in [0.2, 0.25) is 5.95 Å². The van der Waals surface area contributed by atoms with Crippen LogP contribution in [-0.2, 0) is 20.9 Å². The number of rotatable bonds is 3. The standard InChI is InChI=1S/C15H18N4OS.2C2HF3O2/c1-3-16-15(17-4-1)19-5-6-20-14-10-18(9-13(14)19)8-12-2-7-21-11-12;2*3-2(4,5)1(6)7/h1-4,7,11,13-14H,5-6,8-10H2;2*(H,6,7)/t13-,14+;;/m1../s1. The van der Waals surface area contributed by atoms with Gasteiger partial charge in [-0.1, -0.05) is 0 Å². The van der Waals surface area contributed by atoms with E-state index in [4.69, 9.17) is 24.5 Å². The van der Waals surface area contributed by atoms with Gasteiger partial charge in [-0.25, -0.2) is 19.6 Å². The van der Waals surface area contributed by atoms with E-state index in [0.717, 1.165) is 38.7 Å². The number of hydrogen-bond donors (Lipinski definition) is 2. The van der Waals surface area contributed by atoms with Gasteiger partial charge in [0, 0.05) is 38.6 Å². The molecule has 2 aliphatic rings. The summed E-state index contributed by atoms with van der Waals surface area (Å²) in [6.45, 7) is 4.63. The van der Waals surface area contributed by atoms with Crippen LogP contribution in [0.1, 0.15) is 5.56 Å². The van der Waals surface area contributed by atoms with E-state index in [2.05, 4.69) is 36.6 Å². The Morgan fingerprint density at radius 2 is 1.63 bits per heavy atom. The van der Waals surface area contributed by atoms with E-state index in [1.54, 1.807) is 11.3 Å². The van der Waals surface area contributed by atoms with Gasteiger partial charge >= 0.3 is 24.3 Å². The fraction of sp³-hybridized carbons (Fsp3) is 0.474. The molecule has 0 aromatic carbocycles. The number of thiophene rings is 1. The van der Waals surface area contributed by atoms with Crippen molar-refractivity contribution in [2.75, 3.05) is 31.1 Å². The second-order valence-corrected chi connectivity index (χ2v) is 7.93. The van der Waals surface area contributed by atoms with Crippen molar-refractivity contribution in [1.29, 1.82) is 0 Å². The Morgan fingerprint density at radius 3 is 2.11 bits per heavy atom. The fourth-order valence-electron chi connectivity index (χ4n) is 3.22. The Balaban J connectivity index is 0.000000257. The third kappa shape index (κ3) is 8.95. The van der Waals surface area contributed by atoms with Gasteiger partial charge in [0.15, 0.2) is 0 Å². The van der Waals surface area contributed by atoms with Crippen molar-refractivity contribution in [3.05, 3.63) is 40.8 Å². The van der Waals surface area contributed by atoms with E-state index < -0.39 is 24.3 Å². The summed E-state index contributed by atoms with van der Waals surface area (Å²) in [5, 5.41) is 18.6. The highest BCUT2D eigenvalue weighted by Gasteiger charge is 2.41. The van der Waals surface area contributed by atoms with E-state index in [1.165, 1.54) is 5.56 Å². The van der Waals surface area contributed by atoms with Crippen LogP contribution in [0.3, 0.4) is 0 Å². The fourth-order valence-corrected chi connectivity index (χ4v) is 3.88. The first kappa shape index (κ1) is 28.3. The number of carboxylic acids is 2. The molecule has 0 bridgehead atoms. The molecule has 2 aromatic rings. The number of aliphatic carboxylic acids is 2. The van der Waals surface area contributed by atoms with Crippen LogP contribution in [0, 0.1) is 0 Å². The van der Waals surface area contributed by atoms with Crippen molar-refractivity contribution >= 4 is 29.2 Å². The predicted octanol–water partition coefficient (Wildman–Crippen LogP) is 2.89. The van der Waals surface area contributed by atoms with Crippen LogP contribution < -0.4 is 4.90 Å². The van der Waals surface area contributed by atoms with E-state index >= 15 is 0 Å². The molecule has 0 aliphatic carbocycles. The smallest absolute Gasteiger partial charge is 0.475 e. The van der Waals surface area contributed by atoms with Crippen LogP contribution >= 0.6 is 11.3 Å². The molecule has 2 atom stereocenters. The number of anilines is 1. The van der Waals surface area contributed by atoms with Gasteiger partial charge in [0.1, 0.15) is 0 Å². The maximum Gasteiger partial charge on any atom is 0.490 e. The number of carbonyl (C=O) groups is 2. The highest BCUT2D eigenvalue weighted by molar-refractivity contribution is 7.07. The molecule has 0 radical (unpaired) electrons. The van der Waals surface area contributed by atoms with Crippen LogP contribution in [0.2, 0.25) is 0 Å². The molecule has 2 fully saturated rings. The Labute approximate surface area is 198 Å². The molecule has 194 valence electrons. The second kappa shape index (κ2) is 12.1. The third-order valence-electron chi connectivity index (χ3n) is 4.66. The SMILES string of the molecule is O=C(O)C(F)(F)F.O=C(O)C(F)(F)F.c1cnc(N2CCO[C@H]3CN(Cc4ccsc4)C[C@H]32)nc1. The molecule has 2 aromatic heterocycles. The Hall–Kier alpha value is -2.98. The molecule has 0 unspecified atom stereocenters. The number of alkyl halides is 6. The summed E-state index contributed by atoms with van der Waals surface area (Å²) in [5.41, 5.74) is 1.39. The monoisotopic (exact) mass is 530 g/mol. The molecule has 0 spiro atoms. The van der Waals surface area contributed by atoms with Gasteiger partial charge in [-0.05, 0) is 28.5 Å². The average Bonchev–Trinajstić information content (AvgIpc) is 3.43. The maximum atomic E-state index is 10.6. The minimum absolute atomic E-state index is 0.265. The van der Waals surface area contributed by atoms with Gasteiger partial charge in [-0.15, -0.1) is 0 Å². The molecule has 4 rings (SSSR count). The van der Waals surface area contributed by atoms with E-state index in [9.17, 15) is 26.3 Å². The van der Waals surface area contributed by atoms with E-state index in [0.29, 0.717) is 6.04 Å². The van der Waals surface area contributed by atoms with E-state index in [1.807, 2.05) is 18.5 Å². The van der Waals surface area contributed by atoms with Crippen molar-refractivity contribution in [3.8, 4) is 0 Å². The van der Waals surface area contributed by atoms with Gasteiger partial charge in [-0.2, -0.15) is 37.7 Å². The van der Waals surface area contributed by atoms with Crippen LogP contribution in [-0.4, -0.2) is 87.8 Å². The van der Waals surface area contributed by atoms with Crippen LogP contribution in [0.15, 0.2) is 35.3 Å². The van der Waals surface area contributed by atoms with Gasteiger partial charge in [-0.3, -0.25) is 4.90 Å². The van der Waals surface area contributed by atoms with Crippen LogP contribution in [0.25, 0.3) is 0 Å². The van der Waals surface area contributed by atoms with E-state index in [-0.39, 0.29) is 6.10 Å². The maximum absolute atomic E-state index is 10.6. The highest BCUT2D eigenvalue weighted by Crippen LogP contribution is 2.27. The minimum atomic E-state index is -5.08. The molecular formula is C19H20F6N4O5S. The van der Waals surface area contributed by atoms with Gasteiger partial charge < -0.3 is 19.8 Å². The Kier molecular flexibility index (Phi) is 9.79. The first-order valence-electron chi connectivity index (χ1n) is 9.78. The summed E-state index contributed by atoms with van der Waals surface area (Å²) in [6, 6.07) is 4.42. The number of morpholine rings is 1. The summed E-state index contributed by atoms with van der Waals surface area (Å²) >= 11 is 1.76. The van der Waals surface area contributed by atoms with Crippen LogP contribution in [0.5, 0.6) is 0 Å². The molecular weight excluding hydrogens is 510 g/mol. The molecule has 16 heteroatoms. The van der Waals surface area contributed by atoms with Gasteiger partial charge in [0.25, 0.3) is 0 Å². The molecule has 0 saturated carbocycles. The topological polar surface area (TPSA) is 116 Å². The third-order valence-corrected chi connectivity index (χ3v) is 5.39. The summed E-state index contributed by atoms with van der Waals surface area (Å²) in [5.74, 6) is -4.69. The van der Waals surface area contributed by atoms with Crippen molar-refractivity contribution in [2.45, 2.75) is 31.0 Å². The zero-order chi connectivity index (χ0) is 26.2. The first-order valence-corrected chi connectivity index (χ1v) is 10.7. The van der Waals surface area contributed by atoms with Crippen LogP contribution in [0.4, 0.5) is 32.3 Å². The number of aromatic nitrogens is 2. The minimum Gasteiger partial charge on any atom is -0.475 e. The highest BCUT2D eigenvalue weighted by atomic mass is 32.1. The Bertz CT molecular complexity index is 921. The summed E-state index contributed by atoms with van der Waals surface area (Å²) in [6.07, 6.45) is -6.28. The number of nitrogens with zero attached hydrogens (tertiary/aromatic N) is 4. The number of halogens is 6. The molecule has 2 N–H and O–H groups in total. The summed E-state index contributed by atoms with van der Waals surface area (Å²) in [4.78, 5) is 31.4. The zero-order valence-corrected chi connectivity index (χ0v) is 18.6. The largest absolute Gasteiger partial charge is 0.490 e. The van der Waals surface area contributed by atoms with Gasteiger partial charge in [0.05, 0.1) is 18.8 Å². The predicted molar refractivity (Wildman–Crippen MR) is 110 cm³/mol. The number of hydrogen-bond acceptors (Lipinski definition) is 8. The number of fused-ring (bicyclic) bond motifs is 1. The first-order chi connectivity index (χ1) is 16.3. The average molecular weight is 530 g/mol. The Morgan fingerprint density at radius 1 is 1.06 bits per heavy atom. The normalized spacial score (nSPS) is 20.1. The lowest BCUT2D eigenvalue weighted by Crippen LogP contribution is -2.51. The number of carboxylic acid groups (broad SMARTS) is 2. The van der Waals surface area contributed by atoms with Crippen molar-refractivity contribution in [3.63, 3.8) is 0 Å². The number of ether oxygens (including phenoxy) is 1. The summed E-state index contributed by atoms with van der Waals surface area (Å²) in [7, 11) is 0. The molecule has 2 aliphatic heterocycles. The lowest BCUT2D eigenvalue weighted by atomic mass is 10.1. The molecule has 35 heavy (non-hydrogen) atoms. The molecule has 2 saturated heterocycles. The van der Waals surface area contributed by atoms with Crippen molar-refractivity contribution < 1.29 is 50.9 Å². The second-order valence-electron chi connectivity index (χ2n) is 7.15. The molecule has 0 amide bonds. The lowest BCUT2D eigenvalue weighted by molar-refractivity contribution is -0.193. The lowest BCUT2D eigenvalue weighted by Gasteiger charge is -2.36. The summed E-state index contributed by atoms with van der Waals surface area (Å²) < 4.78 is 69.4. The number of likely N-dealkylation sites (tertiary alicyclic amines) is 1. The van der Waals surface area contributed by atoms with Crippen molar-refractivity contribution in [1.82, 2.24) is 14.9 Å². The molecule has 4 heterocycles. The quantitative estimate of drug-likeness (QED) is 0.578.